The first kappa shape index (κ1) is 14.6. The second-order valence-electron chi connectivity index (χ2n) is 4.35. The van der Waals surface area contributed by atoms with Gasteiger partial charge < -0.3 is 6.74 Å². The zero-order valence-corrected chi connectivity index (χ0v) is 10.1. The molecule has 0 aromatic carbocycles. The molecule has 0 spiro atoms. The molecule has 1 N–H and O–H groups in total. The molecule has 1 aliphatic rings. The van der Waals surface area contributed by atoms with Gasteiger partial charge in [0.2, 0.25) is 0 Å². The van der Waals surface area contributed by atoms with Crippen LogP contribution in [0.2, 0.25) is 0 Å². The van der Waals surface area contributed by atoms with E-state index in [2.05, 4.69) is 12.2 Å². The van der Waals surface area contributed by atoms with Gasteiger partial charge in [-0.3, -0.25) is 0 Å². The van der Waals surface area contributed by atoms with Gasteiger partial charge in [0, 0.05) is 6.04 Å². The number of hydrogen-bond acceptors (Lipinski definition) is 1. The minimum atomic E-state index is 0. The maximum absolute atomic E-state index is 3.66. The summed E-state index contributed by atoms with van der Waals surface area (Å²) in [5, 5.41) is 3.66. The van der Waals surface area contributed by atoms with E-state index in [1.165, 1.54) is 64.3 Å². The molecule has 0 aromatic heterocycles. The number of nitrogens with one attached hydrogen (secondary N) is 1. The van der Waals surface area contributed by atoms with Crippen molar-refractivity contribution >= 4 is 0 Å². The Kier molecular flexibility index (Phi) is 10.5. The standard InChI is InChI=1S/C12H25N.Li.H/c1-2-3-4-6-9-12-10-7-5-8-11-13-12;;/h12-13H,2-11H2,1H3;;/q;+1;-1. The Labute approximate surface area is 103 Å². The molecule has 0 radical (unpaired) electrons. The molecule has 0 aromatic rings. The Morgan fingerprint density at radius 3 is 2.79 bits per heavy atom. The summed E-state index contributed by atoms with van der Waals surface area (Å²) in [6, 6.07) is 0.847. The molecule has 1 atom stereocenters. The number of unbranched alkanes of at least 4 members (excludes halogenated alkanes) is 3. The predicted molar refractivity (Wildman–Crippen MR) is 60.1 cm³/mol. The summed E-state index contributed by atoms with van der Waals surface area (Å²) < 4.78 is 0. The van der Waals surface area contributed by atoms with Gasteiger partial charge in [-0.2, -0.15) is 0 Å². The molecule has 0 amide bonds. The van der Waals surface area contributed by atoms with Crippen molar-refractivity contribution in [1.29, 1.82) is 0 Å². The molecule has 80 valence electrons. The third kappa shape index (κ3) is 6.93. The van der Waals surface area contributed by atoms with Crippen LogP contribution in [-0.2, 0) is 0 Å². The smallest absolute Gasteiger partial charge is 1.00 e. The Balaban J connectivity index is 0. The Bertz CT molecular complexity index is 114. The first-order valence-electron chi connectivity index (χ1n) is 6.17. The van der Waals surface area contributed by atoms with Crippen LogP contribution in [0.15, 0.2) is 0 Å². The van der Waals surface area contributed by atoms with Gasteiger partial charge in [0.1, 0.15) is 0 Å². The third-order valence-corrected chi connectivity index (χ3v) is 3.07. The van der Waals surface area contributed by atoms with Crippen LogP contribution in [0.25, 0.3) is 0 Å². The Morgan fingerprint density at radius 1 is 1.14 bits per heavy atom. The summed E-state index contributed by atoms with van der Waals surface area (Å²) in [6.07, 6.45) is 12.8. The zero-order chi connectivity index (χ0) is 9.36. The fraction of sp³-hybridized carbons (Fsp3) is 1.00. The van der Waals surface area contributed by atoms with E-state index < -0.39 is 0 Å². The maximum atomic E-state index is 3.66. The van der Waals surface area contributed by atoms with Gasteiger partial charge in [-0.25, -0.2) is 0 Å². The topological polar surface area (TPSA) is 12.0 Å². The molecule has 1 aliphatic heterocycles. The quantitative estimate of drug-likeness (QED) is 0.496. The number of rotatable bonds is 5. The van der Waals surface area contributed by atoms with Gasteiger partial charge in [0.15, 0.2) is 0 Å². The predicted octanol–water partition coefficient (Wildman–Crippen LogP) is 0.606. The summed E-state index contributed by atoms with van der Waals surface area (Å²) in [5.74, 6) is 0. The van der Waals surface area contributed by atoms with E-state index in [-0.39, 0.29) is 20.3 Å². The van der Waals surface area contributed by atoms with Crippen LogP contribution in [0.3, 0.4) is 0 Å². The van der Waals surface area contributed by atoms with E-state index in [1.54, 1.807) is 0 Å². The normalized spacial score (nSPS) is 22.5. The van der Waals surface area contributed by atoms with E-state index in [0.29, 0.717) is 0 Å². The monoisotopic (exact) mass is 191 g/mol. The minimum Gasteiger partial charge on any atom is -1.00 e. The molecule has 0 bridgehead atoms. The van der Waals surface area contributed by atoms with Gasteiger partial charge in [-0.05, 0) is 25.8 Å². The van der Waals surface area contributed by atoms with Crippen LogP contribution in [0.4, 0.5) is 0 Å². The van der Waals surface area contributed by atoms with E-state index in [9.17, 15) is 0 Å². The van der Waals surface area contributed by atoms with Crippen molar-refractivity contribution in [3.8, 4) is 0 Å². The fourth-order valence-electron chi connectivity index (χ4n) is 2.16. The molecule has 1 saturated heterocycles. The summed E-state index contributed by atoms with van der Waals surface area (Å²) >= 11 is 0. The van der Waals surface area contributed by atoms with Gasteiger partial charge in [0.25, 0.3) is 0 Å². The molecule has 0 aliphatic carbocycles. The Hall–Kier alpha value is 0.557. The summed E-state index contributed by atoms with van der Waals surface area (Å²) in [4.78, 5) is 0. The van der Waals surface area contributed by atoms with Crippen molar-refractivity contribution in [2.45, 2.75) is 70.8 Å². The minimum absolute atomic E-state index is 0. The average molecular weight is 191 g/mol. The first-order valence-corrected chi connectivity index (χ1v) is 6.17. The molecule has 1 unspecified atom stereocenters. The molecule has 1 rings (SSSR count). The van der Waals surface area contributed by atoms with Crippen molar-refractivity contribution in [3.63, 3.8) is 0 Å². The third-order valence-electron chi connectivity index (χ3n) is 3.07. The van der Waals surface area contributed by atoms with Crippen LogP contribution in [0.1, 0.15) is 66.1 Å². The van der Waals surface area contributed by atoms with Crippen molar-refractivity contribution in [2.75, 3.05) is 6.54 Å². The molecule has 0 saturated carbocycles. The van der Waals surface area contributed by atoms with E-state index in [4.69, 9.17) is 0 Å². The van der Waals surface area contributed by atoms with Crippen molar-refractivity contribution in [3.05, 3.63) is 0 Å². The molecule has 1 nitrogen and oxygen atoms in total. The Morgan fingerprint density at radius 2 is 2.00 bits per heavy atom. The first-order chi connectivity index (χ1) is 6.43. The molecule has 1 heterocycles. The van der Waals surface area contributed by atoms with Crippen molar-refractivity contribution < 1.29 is 20.3 Å². The molecular weight excluding hydrogens is 165 g/mol. The second kappa shape index (κ2) is 10.1. The van der Waals surface area contributed by atoms with Gasteiger partial charge in [-0.1, -0.05) is 45.4 Å². The van der Waals surface area contributed by atoms with Crippen LogP contribution in [-0.4, -0.2) is 12.6 Å². The molecule has 2 heteroatoms. The molecular formula is C12H26LiN. The fourth-order valence-corrected chi connectivity index (χ4v) is 2.16. The van der Waals surface area contributed by atoms with Crippen molar-refractivity contribution in [1.82, 2.24) is 5.32 Å². The van der Waals surface area contributed by atoms with Gasteiger partial charge in [0.05, 0.1) is 0 Å². The largest absolute Gasteiger partial charge is 1.00 e. The number of hydrogen-bond donors (Lipinski definition) is 1. The van der Waals surface area contributed by atoms with Gasteiger partial charge in [-0.15, -0.1) is 0 Å². The van der Waals surface area contributed by atoms with Crippen molar-refractivity contribution in [2.24, 2.45) is 0 Å². The molecule has 1 fully saturated rings. The van der Waals surface area contributed by atoms with Crippen LogP contribution >= 0.6 is 0 Å². The van der Waals surface area contributed by atoms with Gasteiger partial charge >= 0.3 is 18.9 Å². The SMILES string of the molecule is CCCCCCC1CCCCCN1.[H-].[Li+]. The summed E-state index contributed by atoms with van der Waals surface area (Å²) in [7, 11) is 0. The second-order valence-corrected chi connectivity index (χ2v) is 4.35. The summed E-state index contributed by atoms with van der Waals surface area (Å²) in [6.45, 7) is 3.54. The molecule has 14 heavy (non-hydrogen) atoms. The van der Waals surface area contributed by atoms with Crippen LogP contribution < -0.4 is 24.2 Å². The maximum Gasteiger partial charge on any atom is 1.00 e. The van der Waals surface area contributed by atoms with Crippen LogP contribution in [0, 0.1) is 0 Å². The van der Waals surface area contributed by atoms with E-state index >= 15 is 0 Å². The van der Waals surface area contributed by atoms with E-state index in [0.717, 1.165) is 6.04 Å². The average Bonchev–Trinajstić information content (AvgIpc) is 2.41. The van der Waals surface area contributed by atoms with Crippen LogP contribution in [0.5, 0.6) is 0 Å². The van der Waals surface area contributed by atoms with E-state index in [1.807, 2.05) is 0 Å². The zero-order valence-electron chi connectivity index (χ0n) is 11.1. The summed E-state index contributed by atoms with van der Waals surface area (Å²) in [5.41, 5.74) is 0.